The smallest absolute Gasteiger partial charge is 0.340 e. The second-order valence-corrected chi connectivity index (χ2v) is 5.92. The molecule has 1 rings (SSSR count). The minimum atomic E-state index is -0.418. The number of benzene rings is 1. The first-order valence-corrected chi connectivity index (χ1v) is 7.18. The normalized spacial score (nSPS) is 11.2. The third-order valence-corrected chi connectivity index (χ3v) is 3.61. The van der Waals surface area contributed by atoms with Crippen molar-refractivity contribution in [2.24, 2.45) is 5.41 Å². The van der Waals surface area contributed by atoms with Gasteiger partial charge in [-0.2, -0.15) is 0 Å². The zero-order valence-electron chi connectivity index (χ0n) is 12.5. The first-order valence-electron chi connectivity index (χ1n) is 6.80. The molecule has 0 amide bonds. The molecule has 0 aromatic heterocycles. The molecule has 3 N–H and O–H groups in total. The monoisotopic (exact) mass is 298 g/mol. The molecule has 0 atom stereocenters. The average Bonchev–Trinajstić information content (AvgIpc) is 2.37. The van der Waals surface area contributed by atoms with E-state index >= 15 is 0 Å². The number of esters is 1. The van der Waals surface area contributed by atoms with Gasteiger partial charge in [-0.05, 0) is 30.9 Å². The molecule has 0 aliphatic carbocycles. The van der Waals surface area contributed by atoms with Gasteiger partial charge in [0.25, 0.3) is 0 Å². The molecule has 0 aliphatic rings. The number of ether oxygens (including phenoxy) is 1. The maximum atomic E-state index is 12.0. The summed E-state index contributed by atoms with van der Waals surface area (Å²) < 4.78 is 5.04. The van der Waals surface area contributed by atoms with Crippen LogP contribution in [0.15, 0.2) is 12.1 Å². The number of hydrogen-bond donors (Lipinski definition) is 2. The quantitative estimate of drug-likeness (QED) is 0.616. The summed E-state index contributed by atoms with van der Waals surface area (Å²) in [5, 5.41) is 3.68. The van der Waals surface area contributed by atoms with E-state index in [0.717, 1.165) is 6.42 Å². The van der Waals surface area contributed by atoms with Gasteiger partial charge in [-0.25, -0.2) is 4.79 Å². The summed E-state index contributed by atoms with van der Waals surface area (Å²) in [6.07, 6.45) is 1.02. The Labute approximate surface area is 125 Å². The molecule has 5 heteroatoms. The van der Waals surface area contributed by atoms with Crippen LogP contribution < -0.4 is 11.1 Å². The predicted octanol–water partition coefficient (Wildman–Crippen LogP) is 3.95. The molecule has 0 radical (unpaired) electrons. The van der Waals surface area contributed by atoms with E-state index in [9.17, 15) is 4.79 Å². The zero-order valence-corrected chi connectivity index (χ0v) is 13.3. The largest absolute Gasteiger partial charge is 0.462 e. The van der Waals surface area contributed by atoms with Crippen molar-refractivity contribution in [2.45, 2.75) is 34.1 Å². The van der Waals surface area contributed by atoms with E-state index in [2.05, 4.69) is 26.1 Å². The highest BCUT2D eigenvalue weighted by Gasteiger charge is 2.20. The van der Waals surface area contributed by atoms with E-state index in [-0.39, 0.29) is 5.41 Å². The summed E-state index contributed by atoms with van der Waals surface area (Å²) in [5.74, 6) is -0.418. The third-order valence-electron chi connectivity index (χ3n) is 3.31. The van der Waals surface area contributed by atoms with Crippen LogP contribution in [0, 0.1) is 5.41 Å². The number of carbonyl (C=O) groups is 1. The summed E-state index contributed by atoms with van der Waals surface area (Å²) >= 11 is 6.20. The summed E-state index contributed by atoms with van der Waals surface area (Å²) in [6, 6.07) is 3.22. The van der Waals surface area contributed by atoms with Crippen LogP contribution >= 0.6 is 11.6 Å². The van der Waals surface area contributed by atoms with Crippen LogP contribution in [0.3, 0.4) is 0 Å². The second-order valence-electron chi connectivity index (χ2n) is 5.52. The van der Waals surface area contributed by atoms with Crippen LogP contribution in [-0.2, 0) is 4.74 Å². The standard InChI is InChI=1S/C15H23ClN2O2/c1-5-15(3,4)9-18-13-11(14(19)20-6-2)7-10(17)8-12(13)16/h7-8,18H,5-6,9,17H2,1-4H3. The molecular weight excluding hydrogens is 276 g/mol. The first kappa shape index (κ1) is 16.6. The fraction of sp³-hybridized carbons (Fsp3) is 0.533. The zero-order chi connectivity index (χ0) is 15.3. The van der Waals surface area contributed by atoms with E-state index in [1.54, 1.807) is 19.1 Å². The van der Waals surface area contributed by atoms with Crippen molar-refractivity contribution in [3.05, 3.63) is 22.7 Å². The Morgan fingerprint density at radius 1 is 1.40 bits per heavy atom. The van der Waals surface area contributed by atoms with Crippen molar-refractivity contribution < 1.29 is 9.53 Å². The van der Waals surface area contributed by atoms with Crippen LogP contribution in [-0.4, -0.2) is 19.1 Å². The van der Waals surface area contributed by atoms with Crippen LogP contribution in [0.2, 0.25) is 5.02 Å². The number of carbonyl (C=O) groups excluding carboxylic acids is 1. The van der Waals surface area contributed by atoms with Gasteiger partial charge in [-0.3, -0.25) is 0 Å². The van der Waals surface area contributed by atoms with Gasteiger partial charge in [0.05, 0.1) is 22.9 Å². The van der Waals surface area contributed by atoms with Crippen molar-refractivity contribution in [3.63, 3.8) is 0 Å². The Kier molecular flexibility index (Phi) is 5.69. The summed E-state index contributed by atoms with van der Waals surface area (Å²) in [5.41, 5.74) is 7.26. The van der Waals surface area contributed by atoms with Crippen molar-refractivity contribution in [1.82, 2.24) is 0 Å². The van der Waals surface area contributed by atoms with E-state index in [0.29, 0.717) is 35.1 Å². The van der Waals surface area contributed by atoms with Crippen molar-refractivity contribution in [1.29, 1.82) is 0 Å². The molecule has 4 nitrogen and oxygen atoms in total. The lowest BCUT2D eigenvalue weighted by atomic mass is 9.90. The van der Waals surface area contributed by atoms with E-state index in [1.807, 2.05) is 0 Å². The maximum absolute atomic E-state index is 12.0. The summed E-state index contributed by atoms with van der Waals surface area (Å²) in [6.45, 7) is 9.20. The minimum Gasteiger partial charge on any atom is -0.462 e. The Morgan fingerprint density at radius 3 is 2.60 bits per heavy atom. The minimum absolute atomic E-state index is 0.108. The third kappa shape index (κ3) is 4.30. The number of halogens is 1. The maximum Gasteiger partial charge on any atom is 0.340 e. The lowest BCUT2D eigenvalue weighted by Gasteiger charge is -2.25. The average molecular weight is 299 g/mol. The second kappa shape index (κ2) is 6.84. The van der Waals surface area contributed by atoms with Gasteiger partial charge in [0.1, 0.15) is 0 Å². The molecule has 0 heterocycles. The fourth-order valence-electron chi connectivity index (χ4n) is 1.63. The van der Waals surface area contributed by atoms with Gasteiger partial charge in [0.2, 0.25) is 0 Å². The Balaban J connectivity index is 3.07. The molecule has 20 heavy (non-hydrogen) atoms. The van der Waals surface area contributed by atoms with E-state index in [1.165, 1.54) is 0 Å². The molecule has 0 bridgehead atoms. The first-order chi connectivity index (χ1) is 9.30. The highest BCUT2D eigenvalue weighted by Crippen LogP contribution is 2.31. The number of anilines is 2. The molecule has 0 saturated carbocycles. The topological polar surface area (TPSA) is 64.3 Å². The molecule has 0 saturated heterocycles. The molecule has 0 fully saturated rings. The molecule has 112 valence electrons. The van der Waals surface area contributed by atoms with Crippen LogP contribution in [0.5, 0.6) is 0 Å². The Bertz CT molecular complexity index is 487. The molecule has 0 aliphatic heterocycles. The van der Waals surface area contributed by atoms with Gasteiger partial charge in [0, 0.05) is 12.2 Å². The fourth-order valence-corrected chi connectivity index (χ4v) is 1.92. The molecule has 0 spiro atoms. The van der Waals surface area contributed by atoms with E-state index < -0.39 is 5.97 Å². The van der Waals surface area contributed by atoms with Gasteiger partial charge >= 0.3 is 5.97 Å². The van der Waals surface area contributed by atoms with Gasteiger partial charge < -0.3 is 15.8 Å². The highest BCUT2D eigenvalue weighted by atomic mass is 35.5. The number of nitrogens with two attached hydrogens (primary N) is 1. The predicted molar refractivity (Wildman–Crippen MR) is 84.4 cm³/mol. The molecule has 0 unspecified atom stereocenters. The highest BCUT2D eigenvalue weighted by molar-refractivity contribution is 6.34. The van der Waals surface area contributed by atoms with E-state index in [4.69, 9.17) is 22.1 Å². The van der Waals surface area contributed by atoms with Crippen LogP contribution in [0.25, 0.3) is 0 Å². The summed E-state index contributed by atoms with van der Waals surface area (Å²) in [4.78, 5) is 12.0. The molecule has 1 aromatic rings. The SMILES string of the molecule is CCOC(=O)c1cc(N)cc(Cl)c1NCC(C)(C)CC. The van der Waals surface area contributed by atoms with Gasteiger partial charge in [-0.15, -0.1) is 0 Å². The molecule has 1 aromatic carbocycles. The van der Waals surface area contributed by atoms with Gasteiger partial charge in [-0.1, -0.05) is 32.4 Å². The number of nitrogen functional groups attached to an aromatic ring is 1. The van der Waals surface area contributed by atoms with Gasteiger partial charge in [0.15, 0.2) is 0 Å². The van der Waals surface area contributed by atoms with Crippen LogP contribution in [0.4, 0.5) is 11.4 Å². The Hall–Kier alpha value is -1.42. The summed E-state index contributed by atoms with van der Waals surface area (Å²) in [7, 11) is 0. The number of rotatable bonds is 6. The molecular formula is C15H23ClN2O2. The van der Waals surface area contributed by atoms with Crippen LogP contribution in [0.1, 0.15) is 44.5 Å². The van der Waals surface area contributed by atoms with Crippen molar-refractivity contribution in [2.75, 3.05) is 24.2 Å². The van der Waals surface area contributed by atoms with Crippen molar-refractivity contribution >= 4 is 28.9 Å². The lowest BCUT2D eigenvalue weighted by molar-refractivity contribution is 0.0527. The van der Waals surface area contributed by atoms with Crippen molar-refractivity contribution in [3.8, 4) is 0 Å². The lowest BCUT2D eigenvalue weighted by Crippen LogP contribution is -2.23. The number of nitrogens with one attached hydrogen (secondary N) is 1. The Morgan fingerprint density at radius 2 is 2.05 bits per heavy atom. The number of hydrogen-bond acceptors (Lipinski definition) is 4.